The first-order valence-electron chi connectivity index (χ1n) is 14.1. The van der Waals surface area contributed by atoms with Gasteiger partial charge in [0.15, 0.2) is 6.23 Å². The van der Waals surface area contributed by atoms with Crippen molar-refractivity contribution in [2.24, 2.45) is 0 Å². The van der Waals surface area contributed by atoms with Crippen LogP contribution < -0.4 is 20.9 Å². The molecule has 3 rings (SSSR count). The Kier molecular flexibility index (Phi) is 6.46. The molecule has 13 nitrogen and oxygen atoms in total. The fraction of sp³-hybridized carbons (Fsp3) is 0.522. The number of H-pyrrole nitrogens is 1. The molecule has 0 aliphatic carbocycles. The van der Waals surface area contributed by atoms with Crippen LogP contribution in [0, 0.1) is 6.85 Å². The minimum absolute atomic E-state index is 0.0767. The van der Waals surface area contributed by atoms with Crippen LogP contribution in [0.2, 0.25) is 0 Å². The van der Waals surface area contributed by atoms with Gasteiger partial charge in [0.1, 0.15) is 29.6 Å². The Morgan fingerprint density at radius 1 is 1.38 bits per heavy atom. The molecule has 204 valence electrons. The zero-order chi connectivity index (χ0) is 32.7. The van der Waals surface area contributed by atoms with E-state index in [-0.39, 0.29) is 10.3 Å². The number of hydrogen-bond donors (Lipinski definition) is 4. The van der Waals surface area contributed by atoms with E-state index in [0.29, 0.717) is 0 Å². The molecule has 1 aromatic carbocycles. The average Bonchev–Trinajstić information content (AvgIpc) is 3.07. The molecule has 0 radical (unpaired) electrons. The number of esters is 1. The molecule has 0 bridgehead atoms. The fourth-order valence-corrected chi connectivity index (χ4v) is 4.63. The Bertz CT molecular complexity index is 1500. The molecule has 2 heterocycles. The highest BCUT2D eigenvalue weighted by molar-refractivity contribution is 7.52. The molecule has 0 spiro atoms. The Balaban J connectivity index is 2.02. The van der Waals surface area contributed by atoms with Crippen LogP contribution in [0.25, 0.3) is 0 Å². The van der Waals surface area contributed by atoms with Crippen LogP contribution in [0.4, 0.5) is 0 Å². The summed E-state index contributed by atoms with van der Waals surface area (Å²) in [5, 5.41) is 24.3. The number of hydrogen-bond acceptors (Lipinski definition) is 10. The van der Waals surface area contributed by atoms with Gasteiger partial charge in [-0.3, -0.25) is 23.7 Å². The topological polar surface area (TPSA) is 178 Å². The molecular formula is C23H32N3O10P. The number of benzene rings is 1. The predicted octanol–water partition coefficient (Wildman–Crippen LogP) is 0.988. The number of aliphatic hydroxyl groups excluding tert-OH is 1. The first-order chi connectivity index (χ1) is 19.6. The van der Waals surface area contributed by atoms with E-state index in [2.05, 4.69) is 5.09 Å². The van der Waals surface area contributed by atoms with Crippen LogP contribution >= 0.6 is 7.75 Å². The third-order valence-corrected chi connectivity index (χ3v) is 6.61. The summed E-state index contributed by atoms with van der Waals surface area (Å²) in [6, 6.07) is 5.95. The number of nitrogens with one attached hydrogen (secondary N) is 2. The molecule has 1 aliphatic heterocycles. The van der Waals surface area contributed by atoms with Crippen molar-refractivity contribution in [3.63, 3.8) is 0 Å². The van der Waals surface area contributed by atoms with Crippen LogP contribution in [-0.2, 0) is 23.4 Å². The maximum Gasteiger partial charge on any atom is 0.459 e. The van der Waals surface area contributed by atoms with E-state index in [0.717, 1.165) is 6.92 Å². The van der Waals surface area contributed by atoms with Gasteiger partial charge < -0.3 is 24.2 Å². The Morgan fingerprint density at radius 2 is 2.05 bits per heavy atom. The minimum atomic E-state index is -4.91. The van der Waals surface area contributed by atoms with E-state index >= 15 is 0 Å². The Labute approximate surface area is 221 Å². The van der Waals surface area contributed by atoms with Crippen molar-refractivity contribution in [2.45, 2.75) is 70.7 Å². The lowest BCUT2D eigenvalue weighted by atomic mass is 9.96. The lowest BCUT2D eigenvalue weighted by Crippen LogP contribution is -2.47. The number of carbonyl (C=O) groups is 1. The van der Waals surface area contributed by atoms with Gasteiger partial charge in [-0.05, 0) is 46.7 Å². The van der Waals surface area contributed by atoms with Gasteiger partial charge in [-0.15, -0.1) is 0 Å². The third-order valence-electron chi connectivity index (χ3n) is 5.11. The summed E-state index contributed by atoms with van der Waals surface area (Å²) in [5.74, 6) is -0.964. The van der Waals surface area contributed by atoms with Crippen molar-refractivity contribution in [1.29, 1.82) is 0 Å². The molecular weight excluding hydrogens is 509 g/mol. The standard InChI is InChI=1S/C23H32N3O10P/c1-13(2)34-20(29)15(4)25-37(32,36-16-9-7-6-8-10-16)33-12-17-18(27)23(5,31)21(35-17)26-11-14(3)19(28)24-22(26)30/h6-11,13,15,17-18,21,27,31H,12H2,1-5H3,(H,25,32)(H,24,28,30)/t15-,17+,18+,21+,23+,37?/m0/s1/i3D3,11D,12D2. The summed E-state index contributed by atoms with van der Waals surface area (Å²) >= 11 is 0. The fourth-order valence-electron chi connectivity index (χ4n) is 3.26. The Morgan fingerprint density at radius 3 is 2.68 bits per heavy atom. The van der Waals surface area contributed by atoms with Gasteiger partial charge in [-0.2, -0.15) is 5.09 Å². The van der Waals surface area contributed by atoms with E-state index in [1.165, 1.54) is 31.2 Å². The number of aromatic amines is 1. The van der Waals surface area contributed by atoms with Crippen molar-refractivity contribution >= 4 is 13.7 Å². The molecule has 1 unspecified atom stereocenters. The summed E-state index contributed by atoms with van der Waals surface area (Å²) < 4.78 is 83.1. The zero-order valence-electron chi connectivity index (χ0n) is 26.3. The summed E-state index contributed by atoms with van der Waals surface area (Å²) in [6.45, 7) is -1.24. The summed E-state index contributed by atoms with van der Waals surface area (Å²) in [6.07, 6.45) is -8.43. The molecule has 1 aliphatic rings. The molecule has 1 saturated heterocycles. The quantitative estimate of drug-likeness (QED) is 0.246. The highest BCUT2D eigenvalue weighted by atomic mass is 31.2. The molecule has 6 atom stereocenters. The SMILES string of the molecule is [2H]c1c(C([2H])([2H])[2H])c(=O)[nH]c(=O)n1[C@@H]1O[C@H](C([2H])([2H])OP(=O)(N[C@@H](C)C(=O)OC(C)C)Oc2ccccc2)[C@@H](O)[C@@]1(C)O. The van der Waals surface area contributed by atoms with Gasteiger partial charge in [0, 0.05) is 15.8 Å². The molecule has 37 heavy (non-hydrogen) atoms. The van der Waals surface area contributed by atoms with E-state index in [1.54, 1.807) is 24.9 Å². The molecule has 4 N–H and O–H groups in total. The van der Waals surface area contributed by atoms with Crippen LogP contribution in [0.15, 0.2) is 46.1 Å². The molecule has 1 aromatic heterocycles. The smallest absolute Gasteiger partial charge is 0.459 e. The normalized spacial score (nSPS) is 29.1. The summed E-state index contributed by atoms with van der Waals surface area (Å²) in [7, 11) is -4.91. The molecule has 0 saturated carbocycles. The third kappa shape index (κ3) is 6.75. The van der Waals surface area contributed by atoms with Crippen LogP contribution in [0.5, 0.6) is 5.75 Å². The molecule has 1 fully saturated rings. The number of para-hydroxylation sites is 1. The lowest BCUT2D eigenvalue weighted by Gasteiger charge is -2.27. The van der Waals surface area contributed by atoms with Crippen molar-refractivity contribution in [3.05, 3.63) is 62.9 Å². The maximum atomic E-state index is 13.9. The predicted molar refractivity (Wildman–Crippen MR) is 131 cm³/mol. The average molecular weight is 548 g/mol. The zero-order valence-corrected chi connectivity index (χ0v) is 21.2. The van der Waals surface area contributed by atoms with Gasteiger partial charge in [0.25, 0.3) is 5.56 Å². The number of aromatic nitrogens is 2. The maximum absolute atomic E-state index is 13.9. The van der Waals surface area contributed by atoms with Crippen molar-refractivity contribution < 1.29 is 46.3 Å². The minimum Gasteiger partial charge on any atom is -0.462 e. The van der Waals surface area contributed by atoms with Gasteiger partial charge >= 0.3 is 19.4 Å². The highest BCUT2D eigenvalue weighted by Gasteiger charge is 2.54. The largest absolute Gasteiger partial charge is 0.462 e. The first-order valence-corrected chi connectivity index (χ1v) is 12.6. The van der Waals surface area contributed by atoms with E-state index in [4.69, 9.17) is 26.7 Å². The van der Waals surface area contributed by atoms with Crippen LogP contribution in [0.1, 0.15) is 47.7 Å². The van der Waals surface area contributed by atoms with E-state index in [9.17, 15) is 29.2 Å². The van der Waals surface area contributed by atoms with Crippen molar-refractivity contribution in [1.82, 2.24) is 14.6 Å². The second kappa shape index (κ2) is 11.3. The molecule has 2 aromatic rings. The van der Waals surface area contributed by atoms with Crippen LogP contribution in [0.3, 0.4) is 0 Å². The second-order valence-corrected chi connectivity index (χ2v) is 10.3. The lowest BCUT2D eigenvalue weighted by molar-refractivity contribution is -0.149. The number of ether oxygens (including phenoxy) is 2. The van der Waals surface area contributed by atoms with Crippen molar-refractivity contribution in [3.8, 4) is 5.75 Å². The summed E-state index contributed by atoms with van der Waals surface area (Å²) in [4.78, 5) is 38.9. The first kappa shape index (κ1) is 21.2. The van der Waals surface area contributed by atoms with E-state index in [1.807, 2.05) is 0 Å². The summed E-state index contributed by atoms with van der Waals surface area (Å²) in [5.41, 5.74) is -6.54. The number of rotatable bonds is 10. The van der Waals surface area contributed by atoms with Gasteiger partial charge in [-0.25, -0.2) is 9.36 Å². The second-order valence-electron chi connectivity index (χ2n) is 8.64. The van der Waals surface area contributed by atoms with Gasteiger partial charge in [0.2, 0.25) is 0 Å². The molecule has 0 amide bonds. The number of nitrogens with zero attached hydrogens (tertiary/aromatic N) is 1. The number of aliphatic hydroxyl groups is 2. The number of carbonyl (C=O) groups excluding carboxylic acids is 1. The van der Waals surface area contributed by atoms with Crippen LogP contribution in [-0.4, -0.2) is 62.2 Å². The highest BCUT2D eigenvalue weighted by Crippen LogP contribution is 2.46. The van der Waals surface area contributed by atoms with Gasteiger partial charge in [-0.1, -0.05) is 18.2 Å². The van der Waals surface area contributed by atoms with Crippen molar-refractivity contribution in [2.75, 3.05) is 6.56 Å². The monoisotopic (exact) mass is 547 g/mol. The molecule has 14 heteroatoms. The van der Waals surface area contributed by atoms with Gasteiger partial charge in [0.05, 0.1) is 16.8 Å². The Hall–Kier alpha value is -2.80. The van der Waals surface area contributed by atoms with E-state index < -0.39 is 86.3 Å².